The highest BCUT2D eigenvalue weighted by Crippen LogP contribution is 2.35. The molecule has 1 aliphatic heterocycles. The Labute approximate surface area is 106 Å². The van der Waals surface area contributed by atoms with Crippen molar-refractivity contribution in [2.45, 2.75) is 38.0 Å². The monoisotopic (exact) mass is 279 g/mol. The van der Waals surface area contributed by atoms with Gasteiger partial charge in [0.2, 0.25) is 0 Å². The molecule has 0 amide bonds. The van der Waals surface area contributed by atoms with Gasteiger partial charge in [-0.2, -0.15) is 0 Å². The maximum absolute atomic E-state index is 3.66. The first kappa shape index (κ1) is 10.8. The summed E-state index contributed by atoms with van der Waals surface area (Å²) >= 11 is 3.66. The number of rotatable bonds is 1. The fourth-order valence-electron chi connectivity index (χ4n) is 3.18. The van der Waals surface area contributed by atoms with E-state index in [2.05, 4.69) is 33.4 Å². The minimum atomic E-state index is 0.748. The second-order valence-corrected chi connectivity index (χ2v) is 5.95. The smallest absolute Gasteiger partial charge is 0.0181 e. The molecule has 0 spiro atoms. The zero-order valence-corrected chi connectivity index (χ0v) is 11.1. The summed E-state index contributed by atoms with van der Waals surface area (Å²) in [6, 6.07) is 4.68. The van der Waals surface area contributed by atoms with Gasteiger partial charge in [0.15, 0.2) is 0 Å². The molecule has 0 radical (unpaired) electrons. The summed E-state index contributed by atoms with van der Waals surface area (Å²) in [5, 5.41) is 3.53. The standard InChI is InChI=1S/C14H18BrN/c15-12-7-10-3-1-5-13(10)14(8-12)11-4-2-6-16-9-11/h7-8,11,16H,1-6,9H2. The van der Waals surface area contributed by atoms with Crippen molar-refractivity contribution in [1.82, 2.24) is 5.32 Å². The van der Waals surface area contributed by atoms with Gasteiger partial charge in [0, 0.05) is 11.0 Å². The topological polar surface area (TPSA) is 12.0 Å². The highest BCUT2D eigenvalue weighted by Gasteiger charge is 2.22. The summed E-state index contributed by atoms with van der Waals surface area (Å²) in [4.78, 5) is 0. The van der Waals surface area contributed by atoms with Crippen molar-refractivity contribution in [3.63, 3.8) is 0 Å². The molecule has 1 unspecified atom stereocenters. The average molecular weight is 280 g/mol. The number of aryl methyl sites for hydroxylation is 1. The Bertz CT molecular complexity index is 394. The predicted octanol–water partition coefficient (Wildman–Crippen LogP) is 3.40. The van der Waals surface area contributed by atoms with E-state index in [1.165, 1.54) is 49.7 Å². The minimum Gasteiger partial charge on any atom is -0.316 e. The highest BCUT2D eigenvalue weighted by molar-refractivity contribution is 9.10. The van der Waals surface area contributed by atoms with Crippen molar-refractivity contribution in [3.8, 4) is 0 Å². The molecule has 1 fully saturated rings. The molecule has 2 aliphatic rings. The summed E-state index contributed by atoms with van der Waals surface area (Å²) < 4.78 is 1.27. The van der Waals surface area contributed by atoms with Gasteiger partial charge in [-0.05, 0) is 73.4 Å². The van der Waals surface area contributed by atoms with Gasteiger partial charge < -0.3 is 5.32 Å². The Hall–Kier alpha value is -0.340. The second kappa shape index (κ2) is 4.50. The van der Waals surface area contributed by atoms with E-state index in [-0.39, 0.29) is 0 Å². The molecule has 1 N–H and O–H groups in total. The fraction of sp³-hybridized carbons (Fsp3) is 0.571. The molecule has 1 aliphatic carbocycles. The number of halogens is 1. The molecule has 16 heavy (non-hydrogen) atoms. The van der Waals surface area contributed by atoms with Crippen molar-refractivity contribution in [1.29, 1.82) is 0 Å². The van der Waals surface area contributed by atoms with Crippen molar-refractivity contribution in [3.05, 3.63) is 33.3 Å². The molecule has 2 heteroatoms. The lowest BCUT2D eigenvalue weighted by molar-refractivity contribution is 0.459. The number of hydrogen-bond acceptors (Lipinski definition) is 1. The first-order valence-electron chi connectivity index (χ1n) is 6.36. The van der Waals surface area contributed by atoms with Crippen molar-refractivity contribution >= 4 is 15.9 Å². The van der Waals surface area contributed by atoms with Crippen LogP contribution in [-0.2, 0) is 12.8 Å². The molecule has 3 rings (SSSR count). The van der Waals surface area contributed by atoms with Gasteiger partial charge in [-0.15, -0.1) is 0 Å². The van der Waals surface area contributed by atoms with Crippen LogP contribution in [0.2, 0.25) is 0 Å². The molecular formula is C14H18BrN. The van der Waals surface area contributed by atoms with E-state index in [9.17, 15) is 0 Å². The Morgan fingerprint density at radius 3 is 2.94 bits per heavy atom. The third-order valence-corrected chi connectivity index (χ3v) is 4.41. The zero-order valence-electron chi connectivity index (χ0n) is 9.56. The predicted molar refractivity (Wildman–Crippen MR) is 71.0 cm³/mol. The van der Waals surface area contributed by atoms with Crippen LogP contribution >= 0.6 is 15.9 Å². The molecule has 1 nitrogen and oxygen atoms in total. The third-order valence-electron chi connectivity index (χ3n) is 3.95. The summed E-state index contributed by atoms with van der Waals surface area (Å²) in [7, 11) is 0. The van der Waals surface area contributed by atoms with E-state index in [0.717, 1.165) is 5.92 Å². The van der Waals surface area contributed by atoms with E-state index in [1.807, 2.05) is 0 Å². The molecule has 1 heterocycles. The first-order valence-corrected chi connectivity index (χ1v) is 7.16. The van der Waals surface area contributed by atoms with Crippen LogP contribution < -0.4 is 5.32 Å². The molecule has 1 atom stereocenters. The molecule has 86 valence electrons. The Morgan fingerprint density at radius 1 is 1.19 bits per heavy atom. The van der Waals surface area contributed by atoms with Crippen molar-refractivity contribution in [2.75, 3.05) is 13.1 Å². The lowest BCUT2D eigenvalue weighted by atomic mass is 9.87. The lowest BCUT2D eigenvalue weighted by Crippen LogP contribution is -2.28. The quantitative estimate of drug-likeness (QED) is 0.831. The van der Waals surface area contributed by atoms with Crippen LogP contribution in [0.1, 0.15) is 41.9 Å². The minimum absolute atomic E-state index is 0.748. The van der Waals surface area contributed by atoms with Gasteiger partial charge in [0.1, 0.15) is 0 Å². The SMILES string of the molecule is Brc1cc2c(c(C3CCCNC3)c1)CCC2. The van der Waals surface area contributed by atoms with E-state index in [4.69, 9.17) is 0 Å². The van der Waals surface area contributed by atoms with Gasteiger partial charge in [-0.1, -0.05) is 15.9 Å². The molecule has 1 aromatic carbocycles. The summed E-state index contributed by atoms with van der Waals surface area (Å²) in [5.74, 6) is 0.748. The number of fused-ring (bicyclic) bond motifs is 1. The second-order valence-electron chi connectivity index (χ2n) is 5.03. The number of hydrogen-bond donors (Lipinski definition) is 1. The van der Waals surface area contributed by atoms with Crippen molar-refractivity contribution in [2.24, 2.45) is 0 Å². The van der Waals surface area contributed by atoms with E-state index in [0.29, 0.717) is 0 Å². The summed E-state index contributed by atoms with van der Waals surface area (Å²) in [6.45, 7) is 2.37. The lowest BCUT2D eigenvalue weighted by Gasteiger charge is -2.25. The Morgan fingerprint density at radius 2 is 2.12 bits per heavy atom. The molecular weight excluding hydrogens is 262 g/mol. The molecule has 1 saturated heterocycles. The van der Waals surface area contributed by atoms with Gasteiger partial charge in [-0.3, -0.25) is 0 Å². The van der Waals surface area contributed by atoms with E-state index >= 15 is 0 Å². The van der Waals surface area contributed by atoms with Gasteiger partial charge >= 0.3 is 0 Å². The largest absolute Gasteiger partial charge is 0.316 e. The molecule has 0 aromatic heterocycles. The maximum Gasteiger partial charge on any atom is 0.0181 e. The number of nitrogens with one attached hydrogen (secondary N) is 1. The van der Waals surface area contributed by atoms with Crippen LogP contribution in [0.4, 0.5) is 0 Å². The number of piperidine rings is 1. The van der Waals surface area contributed by atoms with E-state index in [1.54, 1.807) is 16.7 Å². The molecule has 0 saturated carbocycles. The Kier molecular flexibility index (Phi) is 3.03. The Balaban J connectivity index is 1.99. The van der Waals surface area contributed by atoms with Gasteiger partial charge in [0.25, 0.3) is 0 Å². The fourth-order valence-corrected chi connectivity index (χ4v) is 3.70. The molecule has 1 aromatic rings. The average Bonchev–Trinajstić information content (AvgIpc) is 2.77. The van der Waals surface area contributed by atoms with Crippen LogP contribution in [0.25, 0.3) is 0 Å². The van der Waals surface area contributed by atoms with Crippen LogP contribution in [0.5, 0.6) is 0 Å². The number of benzene rings is 1. The molecule has 0 bridgehead atoms. The van der Waals surface area contributed by atoms with E-state index < -0.39 is 0 Å². The normalized spacial score (nSPS) is 24.4. The van der Waals surface area contributed by atoms with Crippen LogP contribution in [0.15, 0.2) is 16.6 Å². The summed E-state index contributed by atoms with van der Waals surface area (Å²) in [5.41, 5.74) is 4.88. The highest BCUT2D eigenvalue weighted by atomic mass is 79.9. The third kappa shape index (κ3) is 1.93. The van der Waals surface area contributed by atoms with Crippen LogP contribution in [0.3, 0.4) is 0 Å². The van der Waals surface area contributed by atoms with Gasteiger partial charge in [-0.25, -0.2) is 0 Å². The van der Waals surface area contributed by atoms with Crippen LogP contribution in [0, 0.1) is 0 Å². The summed E-state index contributed by atoms with van der Waals surface area (Å²) in [6.07, 6.45) is 6.61. The maximum atomic E-state index is 3.66. The van der Waals surface area contributed by atoms with Gasteiger partial charge in [0.05, 0.1) is 0 Å². The van der Waals surface area contributed by atoms with Crippen LogP contribution in [-0.4, -0.2) is 13.1 Å². The zero-order chi connectivity index (χ0) is 11.0. The van der Waals surface area contributed by atoms with Crippen molar-refractivity contribution < 1.29 is 0 Å². The first-order chi connectivity index (χ1) is 7.84.